The summed E-state index contributed by atoms with van der Waals surface area (Å²) in [6.07, 6.45) is -4.90. The number of hydrogen-bond acceptors (Lipinski definition) is 4. The molecule has 29 heavy (non-hydrogen) atoms. The van der Waals surface area contributed by atoms with Gasteiger partial charge < -0.3 is 10.6 Å². The molecule has 2 amide bonds. The van der Waals surface area contributed by atoms with Gasteiger partial charge in [-0.3, -0.25) is 9.59 Å². The van der Waals surface area contributed by atoms with E-state index < -0.39 is 32.6 Å². The van der Waals surface area contributed by atoms with Crippen molar-refractivity contribution in [3.05, 3.63) is 54.1 Å². The van der Waals surface area contributed by atoms with Gasteiger partial charge in [0.15, 0.2) is 0 Å². The minimum Gasteiger partial charge on any atom is -0.326 e. The van der Waals surface area contributed by atoms with E-state index in [1.54, 1.807) is 24.3 Å². The standard InChI is InChI=1S/C18H18F3N3O4S/c1-12(25)23-14-5-7-15(8-6-14)24-17(26)9-10-22-29(27,28)16-4-2-3-13(11-16)18(19,20)21/h2-8,11,22H,9-10H2,1H3,(H,23,25)(H,24,26). The highest BCUT2D eigenvalue weighted by Crippen LogP contribution is 2.30. The Bertz CT molecular complexity index is 990. The van der Waals surface area contributed by atoms with Crippen LogP contribution < -0.4 is 15.4 Å². The fraction of sp³-hybridized carbons (Fsp3) is 0.222. The number of nitrogens with one attached hydrogen (secondary N) is 3. The molecule has 0 fully saturated rings. The maximum Gasteiger partial charge on any atom is 0.416 e. The van der Waals surface area contributed by atoms with Crippen molar-refractivity contribution in [3.8, 4) is 0 Å². The number of amides is 2. The van der Waals surface area contributed by atoms with Crippen molar-refractivity contribution >= 4 is 33.2 Å². The SMILES string of the molecule is CC(=O)Nc1ccc(NC(=O)CCNS(=O)(=O)c2cccc(C(F)(F)F)c2)cc1. The molecule has 11 heteroatoms. The second-order valence-electron chi connectivity index (χ2n) is 5.98. The Hall–Kier alpha value is -2.92. The van der Waals surface area contributed by atoms with Crippen LogP contribution in [0.1, 0.15) is 18.9 Å². The number of benzene rings is 2. The molecule has 0 aliphatic rings. The lowest BCUT2D eigenvalue weighted by atomic mass is 10.2. The first-order valence-electron chi connectivity index (χ1n) is 8.32. The summed E-state index contributed by atoms with van der Waals surface area (Å²) in [7, 11) is -4.20. The third kappa shape index (κ3) is 6.88. The second kappa shape index (κ2) is 9.05. The fourth-order valence-electron chi connectivity index (χ4n) is 2.29. The Kier molecular flexibility index (Phi) is 6.98. The van der Waals surface area contributed by atoms with Gasteiger partial charge in [0.2, 0.25) is 21.8 Å². The van der Waals surface area contributed by atoms with Gasteiger partial charge in [-0.1, -0.05) is 6.07 Å². The quantitative estimate of drug-likeness (QED) is 0.629. The van der Waals surface area contributed by atoms with Crippen LogP contribution in [-0.4, -0.2) is 26.8 Å². The minimum absolute atomic E-state index is 0.231. The van der Waals surface area contributed by atoms with Gasteiger partial charge in [0, 0.05) is 31.3 Å². The molecule has 7 nitrogen and oxygen atoms in total. The summed E-state index contributed by atoms with van der Waals surface area (Å²) in [6.45, 7) is 1.06. The molecule has 0 spiro atoms. The zero-order valence-electron chi connectivity index (χ0n) is 15.2. The molecular weight excluding hydrogens is 411 g/mol. The number of alkyl halides is 3. The number of carbonyl (C=O) groups excluding carboxylic acids is 2. The van der Waals surface area contributed by atoms with Gasteiger partial charge in [-0.2, -0.15) is 13.2 Å². The summed E-state index contributed by atoms with van der Waals surface area (Å²) in [5, 5.41) is 5.11. The van der Waals surface area contributed by atoms with Crippen molar-refractivity contribution in [1.29, 1.82) is 0 Å². The van der Waals surface area contributed by atoms with E-state index in [4.69, 9.17) is 0 Å². The van der Waals surface area contributed by atoms with E-state index in [0.29, 0.717) is 17.4 Å². The first kappa shape index (κ1) is 22.4. The zero-order chi connectivity index (χ0) is 21.7. The Morgan fingerprint density at radius 1 is 0.966 bits per heavy atom. The van der Waals surface area contributed by atoms with Gasteiger partial charge >= 0.3 is 6.18 Å². The first-order valence-corrected chi connectivity index (χ1v) is 9.80. The maximum atomic E-state index is 12.7. The number of sulfonamides is 1. The van der Waals surface area contributed by atoms with E-state index in [2.05, 4.69) is 15.4 Å². The zero-order valence-corrected chi connectivity index (χ0v) is 16.0. The van der Waals surface area contributed by atoms with Crippen molar-refractivity contribution in [2.24, 2.45) is 0 Å². The molecule has 0 aliphatic carbocycles. The molecule has 0 heterocycles. The molecule has 156 valence electrons. The van der Waals surface area contributed by atoms with Gasteiger partial charge in [0.1, 0.15) is 0 Å². The van der Waals surface area contributed by atoms with Gasteiger partial charge in [0.05, 0.1) is 10.5 Å². The van der Waals surface area contributed by atoms with Gasteiger partial charge in [-0.25, -0.2) is 13.1 Å². The van der Waals surface area contributed by atoms with Crippen LogP contribution in [0.3, 0.4) is 0 Å². The second-order valence-corrected chi connectivity index (χ2v) is 7.75. The van der Waals surface area contributed by atoms with Crippen LogP contribution in [0.4, 0.5) is 24.5 Å². The van der Waals surface area contributed by atoms with Crippen molar-refractivity contribution in [1.82, 2.24) is 4.72 Å². The molecule has 0 unspecified atom stereocenters. The predicted octanol–water partition coefficient (Wildman–Crippen LogP) is 2.97. The highest BCUT2D eigenvalue weighted by atomic mass is 32.2. The first-order chi connectivity index (χ1) is 13.5. The molecule has 3 N–H and O–H groups in total. The molecule has 0 saturated carbocycles. The van der Waals surface area contributed by atoms with Crippen molar-refractivity contribution in [3.63, 3.8) is 0 Å². The molecule has 0 aromatic heterocycles. The lowest BCUT2D eigenvalue weighted by Crippen LogP contribution is -2.28. The average molecular weight is 429 g/mol. The maximum absolute atomic E-state index is 12.7. The number of anilines is 2. The molecule has 0 aliphatic heterocycles. The molecular formula is C18H18F3N3O4S. The van der Waals surface area contributed by atoms with Gasteiger partial charge in [0.25, 0.3) is 0 Å². The Morgan fingerprint density at radius 2 is 1.55 bits per heavy atom. The smallest absolute Gasteiger partial charge is 0.326 e. The summed E-state index contributed by atoms with van der Waals surface area (Å²) in [4.78, 5) is 22.3. The number of hydrogen-bond donors (Lipinski definition) is 3. The molecule has 2 aromatic carbocycles. The van der Waals surface area contributed by atoms with Crippen LogP contribution >= 0.6 is 0 Å². The Balaban J connectivity index is 1.90. The van der Waals surface area contributed by atoms with Crippen molar-refractivity contribution in [2.45, 2.75) is 24.4 Å². The normalized spacial score (nSPS) is 11.7. The van der Waals surface area contributed by atoms with Crippen LogP contribution in [0, 0.1) is 0 Å². The predicted molar refractivity (Wildman–Crippen MR) is 101 cm³/mol. The number of carbonyl (C=O) groups is 2. The number of rotatable bonds is 7. The van der Waals surface area contributed by atoms with E-state index in [0.717, 1.165) is 18.2 Å². The van der Waals surface area contributed by atoms with E-state index in [-0.39, 0.29) is 18.9 Å². The highest BCUT2D eigenvalue weighted by molar-refractivity contribution is 7.89. The van der Waals surface area contributed by atoms with Crippen LogP contribution in [0.2, 0.25) is 0 Å². The largest absolute Gasteiger partial charge is 0.416 e. The minimum atomic E-state index is -4.67. The van der Waals surface area contributed by atoms with Crippen LogP contribution in [0.25, 0.3) is 0 Å². The molecule has 0 bridgehead atoms. The van der Waals surface area contributed by atoms with Crippen molar-refractivity contribution < 1.29 is 31.2 Å². The summed E-state index contributed by atoms with van der Waals surface area (Å²) in [5.74, 6) is -0.737. The van der Waals surface area contributed by atoms with E-state index in [1.165, 1.54) is 6.92 Å². The van der Waals surface area contributed by atoms with E-state index in [9.17, 15) is 31.2 Å². The lowest BCUT2D eigenvalue weighted by Gasteiger charge is -2.10. The molecule has 2 aromatic rings. The summed E-state index contributed by atoms with van der Waals surface area (Å²) >= 11 is 0. The Morgan fingerprint density at radius 3 is 2.10 bits per heavy atom. The summed E-state index contributed by atoms with van der Waals surface area (Å²) in [6, 6.07) is 9.58. The molecule has 0 radical (unpaired) electrons. The van der Waals surface area contributed by atoms with E-state index in [1.807, 2.05) is 0 Å². The highest BCUT2D eigenvalue weighted by Gasteiger charge is 2.31. The van der Waals surface area contributed by atoms with Crippen LogP contribution in [0.15, 0.2) is 53.4 Å². The Labute approximate surface area is 165 Å². The van der Waals surface area contributed by atoms with Crippen LogP contribution in [-0.2, 0) is 25.8 Å². The summed E-state index contributed by atoms with van der Waals surface area (Å²) < 4.78 is 64.5. The third-order valence-electron chi connectivity index (χ3n) is 3.60. The van der Waals surface area contributed by atoms with Crippen LogP contribution in [0.5, 0.6) is 0 Å². The third-order valence-corrected chi connectivity index (χ3v) is 5.06. The number of halogens is 3. The fourth-order valence-corrected chi connectivity index (χ4v) is 3.36. The monoisotopic (exact) mass is 429 g/mol. The van der Waals surface area contributed by atoms with E-state index >= 15 is 0 Å². The lowest BCUT2D eigenvalue weighted by molar-refractivity contribution is -0.137. The summed E-state index contributed by atoms with van der Waals surface area (Å²) in [5.41, 5.74) is -0.102. The topological polar surface area (TPSA) is 104 Å². The molecule has 2 rings (SSSR count). The van der Waals surface area contributed by atoms with Crippen molar-refractivity contribution in [2.75, 3.05) is 17.2 Å². The van der Waals surface area contributed by atoms with Gasteiger partial charge in [-0.15, -0.1) is 0 Å². The molecule has 0 saturated heterocycles. The molecule has 0 atom stereocenters. The average Bonchev–Trinajstić information content (AvgIpc) is 2.62. The van der Waals surface area contributed by atoms with Gasteiger partial charge in [-0.05, 0) is 42.5 Å².